The molecule has 8 heteroatoms. The van der Waals surface area contributed by atoms with Crippen molar-refractivity contribution in [3.63, 3.8) is 0 Å². The van der Waals surface area contributed by atoms with Crippen molar-refractivity contribution >= 4 is 10.8 Å². The van der Waals surface area contributed by atoms with E-state index < -0.39 is 18.3 Å². The fourth-order valence-corrected chi connectivity index (χ4v) is 6.54. The largest absolute Gasteiger partial charge is 0.485 e. The zero-order valence-corrected chi connectivity index (χ0v) is 22.2. The Balaban J connectivity index is 1.16. The van der Waals surface area contributed by atoms with Crippen molar-refractivity contribution in [1.82, 2.24) is 0 Å². The van der Waals surface area contributed by atoms with Crippen LogP contribution in [0.1, 0.15) is 19.3 Å². The SMILES string of the molecule is OC[C@H]1O[C@H]2C=C[C@H]3O[C@H]4[C@H](Oc5ccc6ccccc6c5)[C@H]5OCC=CC[C@@H]5O[C@@H]4C[C@@H]3O[C@@H]2C/C=C\[C@@H]1O. The Labute approximate surface area is 233 Å². The third-order valence-corrected chi connectivity index (χ3v) is 8.59. The van der Waals surface area contributed by atoms with Crippen molar-refractivity contribution in [2.75, 3.05) is 13.2 Å². The maximum absolute atomic E-state index is 10.3. The Hall–Kier alpha value is -2.56. The first-order chi connectivity index (χ1) is 19.7. The van der Waals surface area contributed by atoms with E-state index in [9.17, 15) is 10.2 Å². The Morgan fingerprint density at radius 1 is 0.750 bits per heavy atom. The molecular weight excluding hydrogens is 512 g/mol. The maximum atomic E-state index is 10.3. The minimum atomic E-state index is -0.869. The minimum absolute atomic E-state index is 0.154. The molecule has 0 radical (unpaired) electrons. The van der Waals surface area contributed by atoms with Crippen LogP contribution in [0.3, 0.4) is 0 Å². The zero-order chi connectivity index (χ0) is 27.1. The first kappa shape index (κ1) is 26.3. The molecule has 5 heterocycles. The van der Waals surface area contributed by atoms with Gasteiger partial charge in [-0.15, -0.1) is 0 Å². The summed E-state index contributed by atoms with van der Waals surface area (Å²) < 4.78 is 39.1. The highest BCUT2D eigenvalue weighted by Crippen LogP contribution is 2.40. The number of hydrogen-bond donors (Lipinski definition) is 2. The summed E-state index contributed by atoms with van der Waals surface area (Å²) in [5.74, 6) is 0.773. The van der Waals surface area contributed by atoms with E-state index in [1.54, 1.807) is 6.08 Å². The highest BCUT2D eigenvalue weighted by molar-refractivity contribution is 5.83. The van der Waals surface area contributed by atoms with Crippen LogP contribution in [0.5, 0.6) is 5.75 Å². The lowest BCUT2D eigenvalue weighted by molar-refractivity contribution is -0.281. The number of aliphatic hydroxyl groups is 2. The lowest BCUT2D eigenvalue weighted by Crippen LogP contribution is -2.65. The number of benzene rings is 2. The highest BCUT2D eigenvalue weighted by atomic mass is 16.6. The van der Waals surface area contributed by atoms with Gasteiger partial charge in [-0.25, -0.2) is 0 Å². The number of ether oxygens (including phenoxy) is 6. The van der Waals surface area contributed by atoms with Crippen LogP contribution in [0.15, 0.2) is 78.9 Å². The summed E-state index contributed by atoms with van der Waals surface area (Å²) in [5.41, 5.74) is 0. The average molecular weight is 549 g/mol. The molecule has 0 spiro atoms. The van der Waals surface area contributed by atoms with E-state index in [0.717, 1.165) is 22.9 Å². The normalized spacial score (nSPS) is 41.7. The summed E-state index contributed by atoms with van der Waals surface area (Å²) in [6, 6.07) is 14.4. The van der Waals surface area contributed by atoms with Crippen LogP contribution in [-0.2, 0) is 23.7 Å². The Morgan fingerprint density at radius 3 is 2.42 bits per heavy atom. The predicted octanol–water partition coefficient (Wildman–Crippen LogP) is 3.25. The second-order valence-electron chi connectivity index (χ2n) is 11.2. The van der Waals surface area contributed by atoms with E-state index in [4.69, 9.17) is 28.4 Å². The van der Waals surface area contributed by atoms with Gasteiger partial charge in [-0.3, -0.25) is 0 Å². The van der Waals surface area contributed by atoms with Crippen molar-refractivity contribution in [2.24, 2.45) is 0 Å². The van der Waals surface area contributed by atoms with E-state index in [2.05, 4.69) is 30.3 Å². The Morgan fingerprint density at radius 2 is 1.55 bits per heavy atom. The molecule has 5 aliphatic rings. The van der Waals surface area contributed by atoms with Gasteiger partial charge in [0.05, 0.1) is 37.6 Å². The molecule has 0 aliphatic carbocycles. The molecule has 2 aromatic rings. The monoisotopic (exact) mass is 548 g/mol. The van der Waals surface area contributed by atoms with E-state index in [1.165, 1.54) is 0 Å². The fraction of sp³-hybridized carbons (Fsp3) is 0.500. The molecule has 0 amide bonds. The van der Waals surface area contributed by atoms with Crippen LogP contribution in [-0.4, -0.2) is 90.6 Å². The van der Waals surface area contributed by atoms with Crippen LogP contribution in [0.4, 0.5) is 0 Å². The smallest absolute Gasteiger partial charge is 0.156 e. The molecule has 0 unspecified atom stereocenters. The van der Waals surface area contributed by atoms with Crippen molar-refractivity contribution < 1.29 is 38.6 Å². The lowest BCUT2D eigenvalue weighted by atomic mass is 9.87. The van der Waals surface area contributed by atoms with E-state index in [0.29, 0.717) is 19.4 Å². The van der Waals surface area contributed by atoms with Crippen LogP contribution < -0.4 is 4.74 Å². The van der Waals surface area contributed by atoms with E-state index in [1.807, 2.05) is 42.5 Å². The molecule has 2 N–H and O–H groups in total. The maximum Gasteiger partial charge on any atom is 0.156 e. The Bertz CT molecular complexity index is 1270. The molecule has 0 saturated carbocycles. The van der Waals surface area contributed by atoms with Crippen molar-refractivity contribution in [3.05, 3.63) is 78.9 Å². The minimum Gasteiger partial charge on any atom is -0.485 e. The summed E-state index contributed by atoms with van der Waals surface area (Å²) in [5, 5.41) is 22.3. The standard InChI is InChI=1S/C32H36O8/c33-18-29-22(34)8-5-10-23-24(38-29)13-14-25-27(37-23)17-28-31(40-25)32(30-26(39-28)9-3-4-15-35-30)36-21-12-11-19-6-1-2-7-20(19)16-21/h1-8,11-14,16,22-34H,9-10,15,17-18H2/b8-5-/t22-,23+,24-,25+,26-,27-,28+,29+,30-,31+,32+/m0/s1. The quantitative estimate of drug-likeness (QED) is 0.565. The third-order valence-electron chi connectivity index (χ3n) is 8.59. The molecule has 2 aromatic carbocycles. The average Bonchev–Trinajstić information content (AvgIpc) is 3.30. The summed E-state index contributed by atoms with van der Waals surface area (Å²) >= 11 is 0. The number of fused-ring (bicyclic) bond motifs is 5. The highest BCUT2D eigenvalue weighted by Gasteiger charge is 2.54. The fourth-order valence-electron chi connectivity index (χ4n) is 6.54. The van der Waals surface area contributed by atoms with Gasteiger partial charge < -0.3 is 38.6 Å². The number of rotatable bonds is 3. The number of aliphatic hydroxyl groups excluding tert-OH is 2. The third kappa shape index (κ3) is 5.14. The van der Waals surface area contributed by atoms with Gasteiger partial charge in [0.2, 0.25) is 0 Å². The van der Waals surface area contributed by atoms with Gasteiger partial charge >= 0.3 is 0 Å². The Kier molecular flexibility index (Phi) is 7.49. The molecule has 7 rings (SSSR count). The molecular formula is C32H36O8. The van der Waals surface area contributed by atoms with E-state index >= 15 is 0 Å². The molecule has 0 aromatic heterocycles. The van der Waals surface area contributed by atoms with Gasteiger partial charge in [-0.2, -0.15) is 0 Å². The summed E-state index contributed by atoms with van der Waals surface area (Å²) in [4.78, 5) is 0. The molecule has 0 bridgehead atoms. The van der Waals surface area contributed by atoms with Gasteiger partial charge in [0.1, 0.15) is 42.4 Å². The second kappa shape index (κ2) is 11.4. The first-order valence-corrected chi connectivity index (χ1v) is 14.3. The van der Waals surface area contributed by atoms with Gasteiger partial charge in [0.15, 0.2) is 6.10 Å². The summed E-state index contributed by atoms with van der Waals surface area (Å²) in [6.07, 6.45) is 9.38. The lowest BCUT2D eigenvalue weighted by Gasteiger charge is -2.50. The molecule has 8 nitrogen and oxygen atoms in total. The summed E-state index contributed by atoms with van der Waals surface area (Å²) in [7, 11) is 0. The van der Waals surface area contributed by atoms with Crippen LogP contribution in [0.2, 0.25) is 0 Å². The zero-order valence-electron chi connectivity index (χ0n) is 22.2. The molecule has 40 heavy (non-hydrogen) atoms. The van der Waals surface area contributed by atoms with Gasteiger partial charge in [-0.05, 0) is 35.7 Å². The van der Waals surface area contributed by atoms with Gasteiger partial charge in [-0.1, -0.05) is 66.8 Å². The van der Waals surface area contributed by atoms with Crippen molar-refractivity contribution in [2.45, 2.75) is 86.4 Å². The molecule has 2 fully saturated rings. The second-order valence-corrected chi connectivity index (χ2v) is 11.2. The van der Waals surface area contributed by atoms with Crippen LogP contribution in [0, 0.1) is 0 Å². The molecule has 2 saturated heterocycles. The topological polar surface area (TPSA) is 95.8 Å². The van der Waals surface area contributed by atoms with Crippen LogP contribution >= 0.6 is 0 Å². The van der Waals surface area contributed by atoms with Crippen molar-refractivity contribution in [3.8, 4) is 5.75 Å². The van der Waals surface area contributed by atoms with Crippen molar-refractivity contribution in [1.29, 1.82) is 0 Å². The van der Waals surface area contributed by atoms with Crippen LogP contribution in [0.25, 0.3) is 10.8 Å². The number of hydrogen-bond acceptors (Lipinski definition) is 8. The van der Waals surface area contributed by atoms with Gasteiger partial charge in [0.25, 0.3) is 0 Å². The molecule has 11 atom stereocenters. The molecule has 5 aliphatic heterocycles. The predicted molar refractivity (Wildman–Crippen MR) is 147 cm³/mol. The van der Waals surface area contributed by atoms with Gasteiger partial charge in [0, 0.05) is 6.42 Å². The van der Waals surface area contributed by atoms with E-state index in [-0.39, 0.29) is 55.4 Å². The summed E-state index contributed by atoms with van der Waals surface area (Å²) in [6.45, 7) is 0.218. The first-order valence-electron chi connectivity index (χ1n) is 14.3. The molecule has 212 valence electrons.